The number of hydrogen-bond donors (Lipinski definition) is 2. The van der Waals surface area contributed by atoms with Crippen LogP contribution < -0.4 is 14.4 Å². The number of aryl methyl sites for hydroxylation is 1. The van der Waals surface area contributed by atoms with Crippen molar-refractivity contribution < 1.29 is 18.8 Å². The lowest BCUT2D eigenvalue weighted by atomic mass is 9.68. The van der Waals surface area contributed by atoms with Gasteiger partial charge in [-0.15, -0.1) is 0 Å². The zero-order chi connectivity index (χ0) is 28.7. The van der Waals surface area contributed by atoms with Gasteiger partial charge >= 0.3 is 0 Å². The molecule has 1 amide bonds. The molecule has 8 heteroatoms. The second-order valence-electron chi connectivity index (χ2n) is 12.6. The number of ether oxygens (including phenoxy) is 1. The van der Waals surface area contributed by atoms with E-state index in [0.717, 1.165) is 61.7 Å². The number of benzene rings is 2. The maximum absolute atomic E-state index is 13.4. The molecule has 2 N–H and O–H groups in total. The van der Waals surface area contributed by atoms with Gasteiger partial charge < -0.3 is 14.7 Å². The van der Waals surface area contributed by atoms with E-state index in [9.17, 15) is 14.1 Å². The number of amides is 1. The number of carbonyl (C=O) groups excluding carboxylic acids is 1. The van der Waals surface area contributed by atoms with E-state index in [4.69, 9.17) is 16.3 Å². The summed E-state index contributed by atoms with van der Waals surface area (Å²) in [6.07, 6.45) is 10.0. The molecule has 0 radical (unpaired) electrons. The van der Waals surface area contributed by atoms with E-state index in [1.54, 1.807) is 6.07 Å². The number of fused-ring (bicyclic) bond motifs is 4. The second-order valence-corrected chi connectivity index (χ2v) is 14.4. The minimum absolute atomic E-state index is 0.107. The van der Waals surface area contributed by atoms with Crippen LogP contribution in [0.5, 0.6) is 5.75 Å². The molecule has 0 aromatic heterocycles. The molecule has 4 aliphatic rings. The van der Waals surface area contributed by atoms with E-state index in [2.05, 4.69) is 28.7 Å². The summed E-state index contributed by atoms with van der Waals surface area (Å²) in [4.78, 5) is 15.8. The van der Waals surface area contributed by atoms with E-state index in [1.807, 2.05) is 37.3 Å². The van der Waals surface area contributed by atoms with Crippen molar-refractivity contribution in [1.82, 2.24) is 4.72 Å². The molecule has 6 rings (SSSR count). The van der Waals surface area contributed by atoms with Crippen LogP contribution in [0, 0.1) is 17.8 Å². The normalized spacial score (nSPS) is 34.3. The van der Waals surface area contributed by atoms with Crippen LogP contribution in [0.25, 0.3) is 0 Å². The molecular formula is C33H41ClN2O4S. The molecule has 7 atom stereocenters. The highest BCUT2D eigenvalue weighted by Crippen LogP contribution is 2.46. The quantitative estimate of drug-likeness (QED) is 0.397. The van der Waals surface area contributed by atoms with Crippen LogP contribution in [0.1, 0.15) is 73.9 Å². The predicted octanol–water partition coefficient (Wildman–Crippen LogP) is 5.97. The molecular weight excluding hydrogens is 556 g/mol. The fourth-order valence-corrected chi connectivity index (χ4v) is 9.01. The van der Waals surface area contributed by atoms with E-state index in [1.165, 1.54) is 11.1 Å². The van der Waals surface area contributed by atoms with Gasteiger partial charge in [-0.2, -0.15) is 0 Å². The molecule has 1 fully saturated rings. The van der Waals surface area contributed by atoms with Crippen molar-refractivity contribution in [2.45, 2.75) is 75.6 Å². The fraction of sp³-hybridized carbons (Fsp3) is 0.545. The number of nitrogens with one attached hydrogen (secondary N) is 1. The molecule has 1 saturated carbocycles. The maximum atomic E-state index is 13.4. The van der Waals surface area contributed by atoms with E-state index in [0.29, 0.717) is 30.9 Å². The van der Waals surface area contributed by atoms with Gasteiger partial charge in [0.15, 0.2) is 0 Å². The molecule has 0 saturated heterocycles. The SMILES string of the molecule is CCC1C(C)C/C=C/C(O)C2CCC2CN2CC3(CCCc4cc(Cl)ccc43)COc3ccc(cc32)C(=O)NS1=O. The third kappa shape index (κ3) is 5.57. The van der Waals surface area contributed by atoms with Gasteiger partial charge in [0.05, 0.1) is 23.6 Å². The highest BCUT2D eigenvalue weighted by Gasteiger charge is 2.44. The number of rotatable bonds is 1. The summed E-state index contributed by atoms with van der Waals surface area (Å²) in [6.45, 7) is 6.16. The molecule has 7 unspecified atom stereocenters. The lowest BCUT2D eigenvalue weighted by molar-refractivity contribution is 0.0456. The fourth-order valence-electron chi connectivity index (χ4n) is 7.53. The lowest BCUT2D eigenvalue weighted by Crippen LogP contribution is -2.49. The van der Waals surface area contributed by atoms with Crippen molar-refractivity contribution in [3.05, 3.63) is 70.3 Å². The number of aliphatic hydroxyl groups excluding tert-OH is 1. The summed E-state index contributed by atoms with van der Waals surface area (Å²) in [5.41, 5.74) is 3.76. The van der Waals surface area contributed by atoms with Crippen molar-refractivity contribution >= 4 is 34.2 Å². The molecule has 1 spiro atoms. The second kappa shape index (κ2) is 11.7. The summed E-state index contributed by atoms with van der Waals surface area (Å²) in [6, 6.07) is 11.8. The summed E-state index contributed by atoms with van der Waals surface area (Å²) >= 11 is 6.40. The van der Waals surface area contributed by atoms with Gasteiger partial charge in [0.25, 0.3) is 5.91 Å². The molecule has 2 aliphatic heterocycles. The number of aliphatic hydroxyl groups is 1. The van der Waals surface area contributed by atoms with Gasteiger partial charge in [0, 0.05) is 29.1 Å². The lowest BCUT2D eigenvalue weighted by Gasteiger charge is -2.45. The zero-order valence-electron chi connectivity index (χ0n) is 24.0. The number of halogens is 1. The van der Waals surface area contributed by atoms with Crippen LogP contribution in [0.2, 0.25) is 5.02 Å². The third-order valence-corrected chi connectivity index (χ3v) is 12.0. The zero-order valence-corrected chi connectivity index (χ0v) is 25.6. The molecule has 6 nitrogen and oxygen atoms in total. The van der Waals surface area contributed by atoms with E-state index in [-0.39, 0.29) is 28.4 Å². The van der Waals surface area contributed by atoms with Crippen molar-refractivity contribution in [3.63, 3.8) is 0 Å². The number of hydrogen-bond acceptors (Lipinski definition) is 5. The number of anilines is 1. The third-order valence-electron chi connectivity index (χ3n) is 10.0. The first kappa shape index (κ1) is 28.8. The average Bonchev–Trinajstić information content (AvgIpc) is 3.08. The van der Waals surface area contributed by atoms with Gasteiger partial charge in [-0.25, -0.2) is 4.21 Å². The Morgan fingerprint density at radius 2 is 2.07 bits per heavy atom. The summed E-state index contributed by atoms with van der Waals surface area (Å²) in [7, 11) is -1.52. The number of nitrogens with zero attached hydrogens (tertiary/aromatic N) is 1. The largest absolute Gasteiger partial charge is 0.490 e. The first-order valence-corrected chi connectivity index (χ1v) is 16.7. The molecule has 2 aliphatic carbocycles. The Morgan fingerprint density at radius 3 is 2.85 bits per heavy atom. The Bertz CT molecular complexity index is 1360. The highest BCUT2D eigenvalue weighted by atomic mass is 35.5. The number of carbonyl (C=O) groups is 1. The van der Waals surface area contributed by atoms with Crippen LogP contribution in [0.4, 0.5) is 5.69 Å². The minimum atomic E-state index is -1.52. The number of allylic oxidation sites excluding steroid dienone is 1. The topological polar surface area (TPSA) is 78.9 Å². The van der Waals surface area contributed by atoms with Crippen LogP contribution in [0.3, 0.4) is 0 Å². The van der Waals surface area contributed by atoms with Crippen LogP contribution in [-0.2, 0) is 22.8 Å². The average molecular weight is 597 g/mol. The van der Waals surface area contributed by atoms with Gasteiger partial charge in [0.2, 0.25) is 0 Å². The summed E-state index contributed by atoms with van der Waals surface area (Å²) < 4.78 is 22.6. The standard InChI is InChI=1S/C33H41ClN2O4S/c1-3-31-21(2)6-4-8-29(37)26-12-9-24(26)18-36-19-33(15-5-7-22-16-25(34)11-13-27(22)33)20-40-30-14-10-23(17-28(30)36)32(38)35-41(31)39/h4,8,10-11,13-14,16-17,21,24,26,29,31,37H,3,5-7,9,12,15,18-20H2,1-2H3,(H,35,38)/b8-4+. The summed E-state index contributed by atoms with van der Waals surface area (Å²) in [5, 5.41) is 11.8. The Kier molecular flexibility index (Phi) is 8.23. The molecule has 2 aromatic carbocycles. The monoisotopic (exact) mass is 596 g/mol. The van der Waals surface area contributed by atoms with Crippen molar-refractivity contribution in [2.24, 2.45) is 17.8 Å². The van der Waals surface area contributed by atoms with Crippen molar-refractivity contribution in [3.8, 4) is 5.75 Å². The molecule has 2 bridgehead atoms. The molecule has 41 heavy (non-hydrogen) atoms. The van der Waals surface area contributed by atoms with E-state index >= 15 is 0 Å². The molecule has 2 aromatic rings. The van der Waals surface area contributed by atoms with Gasteiger partial charge in [-0.05, 0) is 104 Å². The van der Waals surface area contributed by atoms with Crippen molar-refractivity contribution in [1.29, 1.82) is 0 Å². The Morgan fingerprint density at radius 1 is 1.22 bits per heavy atom. The predicted molar refractivity (Wildman–Crippen MR) is 165 cm³/mol. The van der Waals surface area contributed by atoms with Gasteiger partial charge in [0.1, 0.15) is 16.7 Å². The smallest absolute Gasteiger partial charge is 0.263 e. The Labute approximate surface area is 251 Å². The maximum Gasteiger partial charge on any atom is 0.263 e. The van der Waals surface area contributed by atoms with Gasteiger partial charge in [-0.3, -0.25) is 9.52 Å². The van der Waals surface area contributed by atoms with Crippen LogP contribution in [0.15, 0.2) is 48.6 Å². The molecule has 2 heterocycles. The summed E-state index contributed by atoms with van der Waals surface area (Å²) in [5.74, 6) is 1.07. The first-order valence-electron chi connectivity index (χ1n) is 15.1. The van der Waals surface area contributed by atoms with Crippen molar-refractivity contribution in [2.75, 3.05) is 24.6 Å². The molecule has 220 valence electrons. The Hall–Kier alpha value is -2.35. The van der Waals surface area contributed by atoms with Crippen LogP contribution in [-0.4, -0.2) is 46.3 Å². The first-order chi connectivity index (χ1) is 19.8. The van der Waals surface area contributed by atoms with Crippen LogP contribution >= 0.6 is 11.6 Å². The Balaban J connectivity index is 1.40. The minimum Gasteiger partial charge on any atom is -0.490 e. The van der Waals surface area contributed by atoms with Gasteiger partial charge in [-0.1, -0.05) is 43.7 Å². The highest BCUT2D eigenvalue weighted by molar-refractivity contribution is 7.84. The van der Waals surface area contributed by atoms with E-state index < -0.39 is 17.1 Å².